The number of thioether (sulfide) groups is 1. The molecule has 3 aromatic rings. The predicted octanol–water partition coefficient (Wildman–Crippen LogP) is 3.39. The molecule has 0 amide bonds. The van der Waals surface area contributed by atoms with E-state index in [0.29, 0.717) is 39.4 Å². The first-order valence-corrected chi connectivity index (χ1v) is 10.5. The Morgan fingerprint density at radius 1 is 1.17 bits per heavy atom. The molecule has 0 saturated carbocycles. The Bertz CT molecular complexity index is 1100. The molecular formula is C19H24ClN7OS. The molecule has 1 unspecified atom stereocenters. The van der Waals surface area contributed by atoms with E-state index in [1.165, 1.54) is 11.8 Å². The second kappa shape index (κ2) is 8.54. The van der Waals surface area contributed by atoms with Gasteiger partial charge < -0.3 is 10.6 Å². The minimum atomic E-state index is -0.186. The van der Waals surface area contributed by atoms with E-state index < -0.39 is 0 Å². The van der Waals surface area contributed by atoms with Gasteiger partial charge in [0.1, 0.15) is 5.82 Å². The van der Waals surface area contributed by atoms with Gasteiger partial charge in [-0.05, 0) is 31.0 Å². The van der Waals surface area contributed by atoms with Crippen LogP contribution in [-0.2, 0) is 6.54 Å². The van der Waals surface area contributed by atoms with E-state index in [1.807, 2.05) is 21.0 Å². The maximum Gasteiger partial charge on any atom is 0.262 e. The lowest BCUT2D eigenvalue weighted by atomic mass is 10.2. The van der Waals surface area contributed by atoms with Crippen molar-refractivity contribution in [2.24, 2.45) is 5.92 Å². The molecule has 0 aliphatic heterocycles. The number of nitrogen functional groups attached to an aromatic ring is 1. The molecule has 0 spiro atoms. The van der Waals surface area contributed by atoms with Gasteiger partial charge in [-0.15, -0.1) is 0 Å². The van der Waals surface area contributed by atoms with E-state index in [9.17, 15) is 4.79 Å². The van der Waals surface area contributed by atoms with Crippen molar-refractivity contribution in [1.29, 1.82) is 0 Å². The number of nitrogens with two attached hydrogens (primary N) is 1. The zero-order valence-corrected chi connectivity index (χ0v) is 18.6. The third-order valence-corrected chi connectivity index (χ3v) is 5.45. The molecule has 3 rings (SSSR count). The molecule has 8 nitrogen and oxygen atoms in total. The molecule has 0 saturated heterocycles. The number of nitrogens with zero attached hydrogens (tertiary/aromatic N) is 6. The van der Waals surface area contributed by atoms with Crippen LogP contribution in [-0.4, -0.2) is 38.6 Å². The molecule has 0 bridgehead atoms. The Kier molecular flexibility index (Phi) is 6.28. The maximum absolute atomic E-state index is 13.1. The Morgan fingerprint density at radius 3 is 2.55 bits per heavy atom. The number of halogens is 1. The van der Waals surface area contributed by atoms with E-state index in [1.54, 1.807) is 27.7 Å². The van der Waals surface area contributed by atoms with Crippen molar-refractivity contribution in [3.63, 3.8) is 0 Å². The fraction of sp³-hybridized carbons (Fsp3) is 0.421. The van der Waals surface area contributed by atoms with Gasteiger partial charge in [-0.25, -0.2) is 4.98 Å². The van der Waals surface area contributed by atoms with Gasteiger partial charge in [0.25, 0.3) is 5.56 Å². The van der Waals surface area contributed by atoms with Crippen molar-refractivity contribution in [3.8, 4) is 0 Å². The van der Waals surface area contributed by atoms with Gasteiger partial charge in [-0.2, -0.15) is 15.0 Å². The van der Waals surface area contributed by atoms with Crippen LogP contribution in [0.1, 0.15) is 31.8 Å². The highest BCUT2D eigenvalue weighted by Gasteiger charge is 2.20. The van der Waals surface area contributed by atoms with Crippen LogP contribution in [0.4, 0.5) is 11.9 Å². The summed E-state index contributed by atoms with van der Waals surface area (Å²) in [6.07, 6.45) is 0. The highest BCUT2D eigenvalue weighted by atomic mass is 35.5. The molecule has 29 heavy (non-hydrogen) atoms. The molecule has 2 heterocycles. The lowest BCUT2D eigenvalue weighted by Gasteiger charge is -2.18. The van der Waals surface area contributed by atoms with Gasteiger partial charge in [0.15, 0.2) is 5.16 Å². The third kappa shape index (κ3) is 4.79. The predicted molar refractivity (Wildman–Crippen MR) is 119 cm³/mol. The Labute approximate surface area is 178 Å². The Balaban J connectivity index is 2.07. The summed E-state index contributed by atoms with van der Waals surface area (Å²) in [7, 11) is 3.68. The monoisotopic (exact) mass is 433 g/mol. The van der Waals surface area contributed by atoms with E-state index in [2.05, 4.69) is 28.8 Å². The van der Waals surface area contributed by atoms with Crippen molar-refractivity contribution in [1.82, 2.24) is 24.5 Å². The molecule has 0 radical (unpaired) electrons. The minimum Gasteiger partial charge on any atom is -0.368 e. The molecule has 0 fully saturated rings. The lowest BCUT2D eigenvalue weighted by molar-refractivity contribution is 0.474. The van der Waals surface area contributed by atoms with Crippen LogP contribution in [0.25, 0.3) is 10.9 Å². The normalized spacial score (nSPS) is 12.5. The first kappa shape index (κ1) is 21.3. The highest BCUT2D eigenvalue weighted by Crippen LogP contribution is 2.33. The molecule has 1 aromatic carbocycles. The second-order valence-electron chi connectivity index (χ2n) is 7.37. The fourth-order valence-corrected chi connectivity index (χ4v) is 3.91. The van der Waals surface area contributed by atoms with Crippen molar-refractivity contribution in [2.45, 2.75) is 37.7 Å². The summed E-state index contributed by atoms with van der Waals surface area (Å²) in [6.45, 7) is 6.62. The van der Waals surface area contributed by atoms with E-state index in [4.69, 9.17) is 22.3 Å². The summed E-state index contributed by atoms with van der Waals surface area (Å²) in [5, 5.41) is 1.44. The number of hydrogen-bond donors (Lipinski definition) is 1. The van der Waals surface area contributed by atoms with Crippen LogP contribution >= 0.6 is 23.4 Å². The SMILES string of the molecule is CC(C)Cn1c(SC(C)c2nc(N)nc(N(C)C)n2)nc2ccc(Cl)cc2c1=O. The molecule has 1 atom stereocenters. The standard InChI is InChI=1S/C19H24ClN7OS/c1-10(2)9-27-16(28)13-8-12(20)6-7-14(13)22-19(27)29-11(3)15-23-17(21)25-18(24-15)26(4)5/h6-8,10-11H,9H2,1-5H3,(H2,21,23,24,25). The zero-order valence-electron chi connectivity index (χ0n) is 17.0. The lowest BCUT2D eigenvalue weighted by Crippen LogP contribution is -2.25. The van der Waals surface area contributed by atoms with Crippen LogP contribution in [0.5, 0.6) is 0 Å². The summed E-state index contributed by atoms with van der Waals surface area (Å²) >= 11 is 7.51. The number of anilines is 2. The van der Waals surface area contributed by atoms with E-state index >= 15 is 0 Å². The summed E-state index contributed by atoms with van der Waals surface area (Å²) in [5.74, 6) is 1.45. The zero-order chi connectivity index (χ0) is 21.3. The topological polar surface area (TPSA) is 103 Å². The minimum absolute atomic E-state index is 0.106. The van der Waals surface area contributed by atoms with Gasteiger partial charge in [0.2, 0.25) is 11.9 Å². The first-order chi connectivity index (χ1) is 13.7. The average molecular weight is 434 g/mol. The first-order valence-electron chi connectivity index (χ1n) is 9.21. The van der Waals surface area contributed by atoms with Crippen molar-refractivity contribution < 1.29 is 0 Å². The number of aromatic nitrogens is 5. The van der Waals surface area contributed by atoms with Gasteiger partial charge in [-0.1, -0.05) is 37.2 Å². The average Bonchev–Trinajstić information content (AvgIpc) is 2.64. The molecule has 0 aliphatic rings. The van der Waals surface area contributed by atoms with Crippen molar-refractivity contribution in [2.75, 3.05) is 24.7 Å². The molecule has 2 N–H and O–H groups in total. The van der Waals surface area contributed by atoms with Gasteiger partial charge in [0, 0.05) is 25.7 Å². The quantitative estimate of drug-likeness (QED) is 0.466. The van der Waals surface area contributed by atoms with Crippen molar-refractivity contribution in [3.05, 3.63) is 39.4 Å². The molecule has 154 valence electrons. The summed E-state index contributed by atoms with van der Waals surface area (Å²) in [4.78, 5) is 32.5. The molecule has 2 aromatic heterocycles. The van der Waals surface area contributed by atoms with Crippen molar-refractivity contribution >= 4 is 46.2 Å². The largest absolute Gasteiger partial charge is 0.368 e. The molecule has 10 heteroatoms. The molecule has 0 aliphatic carbocycles. The van der Waals surface area contributed by atoms with E-state index in [-0.39, 0.29) is 22.7 Å². The number of benzene rings is 1. The fourth-order valence-electron chi connectivity index (χ4n) is 2.78. The van der Waals surface area contributed by atoms with Gasteiger partial charge in [-0.3, -0.25) is 9.36 Å². The summed E-state index contributed by atoms with van der Waals surface area (Å²) in [6, 6.07) is 5.16. The summed E-state index contributed by atoms with van der Waals surface area (Å²) in [5.41, 5.74) is 6.36. The van der Waals surface area contributed by atoms with Crippen LogP contribution < -0.4 is 16.2 Å². The van der Waals surface area contributed by atoms with Gasteiger partial charge in [0.05, 0.1) is 16.2 Å². The van der Waals surface area contributed by atoms with Gasteiger partial charge >= 0.3 is 0 Å². The smallest absolute Gasteiger partial charge is 0.262 e. The number of fused-ring (bicyclic) bond motifs is 1. The third-order valence-electron chi connectivity index (χ3n) is 4.13. The number of rotatable bonds is 6. The number of hydrogen-bond acceptors (Lipinski definition) is 8. The second-order valence-corrected chi connectivity index (χ2v) is 9.12. The van der Waals surface area contributed by atoms with Crippen LogP contribution in [0.15, 0.2) is 28.2 Å². The molecular weight excluding hydrogens is 410 g/mol. The Hall–Kier alpha value is -2.39. The highest BCUT2D eigenvalue weighted by molar-refractivity contribution is 7.99. The van der Waals surface area contributed by atoms with Crippen LogP contribution in [0, 0.1) is 5.92 Å². The van der Waals surface area contributed by atoms with Crippen LogP contribution in [0.3, 0.4) is 0 Å². The maximum atomic E-state index is 13.1. The summed E-state index contributed by atoms with van der Waals surface area (Å²) < 4.78 is 1.70. The van der Waals surface area contributed by atoms with Crippen LogP contribution in [0.2, 0.25) is 5.02 Å². The van der Waals surface area contributed by atoms with E-state index in [0.717, 1.165) is 0 Å². The Morgan fingerprint density at radius 2 is 1.90 bits per heavy atom.